The van der Waals surface area contributed by atoms with E-state index < -0.39 is 0 Å². The largest absolute Gasteiger partial charge is 0.503 e. The number of benzene rings is 2. The lowest BCUT2D eigenvalue weighted by Crippen LogP contribution is -2.04. The van der Waals surface area contributed by atoms with Gasteiger partial charge >= 0.3 is 0 Å². The van der Waals surface area contributed by atoms with Gasteiger partial charge in [0.1, 0.15) is 5.69 Å². The number of ether oxygens (including phenoxy) is 1. The van der Waals surface area contributed by atoms with Crippen molar-refractivity contribution in [2.24, 2.45) is 0 Å². The third kappa shape index (κ3) is 0.969. The standard InChI is InChI=1S/C12H7NO5/c14-8-7-10(12-11(9(8)15)17-18-12)16-6-4-2-1-3-5(6)13-7/h1-4,13-15H. The van der Waals surface area contributed by atoms with E-state index in [0.29, 0.717) is 17.2 Å². The van der Waals surface area contributed by atoms with Gasteiger partial charge in [0, 0.05) is 0 Å². The van der Waals surface area contributed by atoms with Crippen molar-refractivity contribution < 1.29 is 24.1 Å². The van der Waals surface area contributed by atoms with Crippen LogP contribution < -0.4 is 10.1 Å². The molecule has 0 atom stereocenters. The predicted molar refractivity (Wildman–Crippen MR) is 61.6 cm³/mol. The minimum Gasteiger partial charge on any atom is -0.503 e. The zero-order valence-corrected chi connectivity index (χ0v) is 8.93. The van der Waals surface area contributed by atoms with Gasteiger partial charge in [-0.25, -0.2) is 0 Å². The number of aromatic hydroxyl groups is 2. The van der Waals surface area contributed by atoms with E-state index in [0.717, 1.165) is 0 Å². The quantitative estimate of drug-likeness (QED) is 0.325. The zero-order chi connectivity index (χ0) is 12.3. The van der Waals surface area contributed by atoms with Crippen LogP contribution in [0, 0.1) is 0 Å². The summed E-state index contributed by atoms with van der Waals surface area (Å²) in [5.41, 5.74) is 1.29. The van der Waals surface area contributed by atoms with Crippen LogP contribution in [0.1, 0.15) is 0 Å². The summed E-state index contributed by atoms with van der Waals surface area (Å²) in [5.74, 6) is 0.199. The summed E-state index contributed by atoms with van der Waals surface area (Å²) in [6.45, 7) is 0. The van der Waals surface area contributed by atoms with Gasteiger partial charge in [0.05, 0.1) is 5.69 Å². The van der Waals surface area contributed by atoms with Crippen molar-refractivity contribution in [2.75, 3.05) is 5.32 Å². The predicted octanol–water partition coefficient (Wildman–Crippen LogP) is 3.29. The molecule has 0 radical (unpaired) electrons. The Morgan fingerprint density at radius 3 is 2.50 bits per heavy atom. The van der Waals surface area contributed by atoms with Gasteiger partial charge in [-0.15, -0.1) is 0 Å². The number of rotatable bonds is 0. The fraction of sp³-hybridized carbons (Fsp3) is 0. The van der Waals surface area contributed by atoms with Crippen LogP contribution in [-0.2, 0) is 0 Å². The van der Waals surface area contributed by atoms with E-state index in [9.17, 15) is 10.2 Å². The second-order valence-electron chi connectivity index (χ2n) is 3.95. The number of phenolic OH excluding ortho intramolecular Hbond substituents is 2. The third-order valence-corrected chi connectivity index (χ3v) is 2.88. The summed E-state index contributed by atoms with van der Waals surface area (Å²) in [6, 6.07) is 7.24. The average Bonchev–Trinajstić information content (AvgIpc) is 2.34. The van der Waals surface area contributed by atoms with E-state index in [1.807, 2.05) is 12.1 Å². The van der Waals surface area contributed by atoms with Gasteiger partial charge in [-0.2, -0.15) is 0 Å². The van der Waals surface area contributed by atoms with Crippen LogP contribution in [0.5, 0.6) is 23.0 Å². The molecule has 0 bridgehead atoms. The molecule has 18 heavy (non-hydrogen) atoms. The molecule has 1 aromatic heterocycles. The average molecular weight is 245 g/mol. The molecule has 1 aliphatic heterocycles. The molecule has 90 valence electrons. The molecular formula is C12H7NO5. The van der Waals surface area contributed by atoms with Crippen molar-refractivity contribution >= 4 is 22.5 Å². The van der Waals surface area contributed by atoms with Crippen LogP contribution in [0.3, 0.4) is 0 Å². The third-order valence-electron chi connectivity index (χ3n) is 2.88. The molecule has 2 aromatic carbocycles. The Morgan fingerprint density at radius 1 is 0.944 bits per heavy atom. The molecule has 0 saturated carbocycles. The molecule has 2 heterocycles. The fourth-order valence-corrected chi connectivity index (χ4v) is 1.98. The van der Waals surface area contributed by atoms with Gasteiger partial charge in [0.2, 0.25) is 11.5 Å². The van der Waals surface area contributed by atoms with Crippen molar-refractivity contribution in [2.45, 2.75) is 0 Å². The lowest BCUT2D eigenvalue weighted by Gasteiger charge is -2.23. The molecule has 0 fully saturated rings. The van der Waals surface area contributed by atoms with Crippen molar-refractivity contribution in [1.82, 2.24) is 0 Å². The maximum atomic E-state index is 9.88. The molecule has 0 amide bonds. The summed E-state index contributed by atoms with van der Waals surface area (Å²) >= 11 is 0. The van der Waals surface area contributed by atoms with Gasteiger partial charge in [0.15, 0.2) is 11.5 Å². The molecule has 3 N–H and O–H groups in total. The summed E-state index contributed by atoms with van der Waals surface area (Å²) < 4.78 is 15.1. The first-order valence-electron chi connectivity index (χ1n) is 5.26. The number of para-hydroxylation sites is 2. The van der Waals surface area contributed by atoms with Crippen molar-refractivity contribution in [3.8, 4) is 23.0 Å². The zero-order valence-electron chi connectivity index (χ0n) is 8.93. The monoisotopic (exact) mass is 245 g/mol. The molecule has 4 rings (SSSR count). The van der Waals surface area contributed by atoms with Crippen LogP contribution in [0.4, 0.5) is 11.4 Å². The lowest BCUT2D eigenvalue weighted by molar-refractivity contribution is 0.0542. The summed E-state index contributed by atoms with van der Waals surface area (Å²) in [7, 11) is 0. The Bertz CT molecular complexity index is 770. The number of nitrogens with one attached hydrogen (secondary N) is 1. The van der Waals surface area contributed by atoms with E-state index in [2.05, 4.69) is 9.89 Å². The van der Waals surface area contributed by atoms with Gasteiger partial charge < -0.3 is 20.3 Å². The van der Waals surface area contributed by atoms with E-state index in [4.69, 9.17) is 9.31 Å². The van der Waals surface area contributed by atoms with E-state index >= 15 is 0 Å². The molecular weight excluding hydrogens is 238 g/mol. The SMILES string of the molecule is Oc1c2c(c3ooc3c1O)Oc1ccccc1N2. The molecule has 0 spiro atoms. The lowest BCUT2D eigenvalue weighted by atomic mass is 10.1. The van der Waals surface area contributed by atoms with Crippen molar-refractivity contribution in [3.05, 3.63) is 24.3 Å². The van der Waals surface area contributed by atoms with E-state index in [-0.39, 0.29) is 28.4 Å². The maximum Gasteiger partial charge on any atom is 0.275 e. The van der Waals surface area contributed by atoms with Gasteiger partial charge in [-0.3, -0.25) is 9.15 Å². The maximum absolute atomic E-state index is 9.88. The highest BCUT2D eigenvalue weighted by Crippen LogP contribution is 2.55. The van der Waals surface area contributed by atoms with Crippen LogP contribution in [0.2, 0.25) is 0 Å². The van der Waals surface area contributed by atoms with E-state index in [1.165, 1.54) is 0 Å². The molecule has 0 saturated heterocycles. The highest BCUT2D eigenvalue weighted by Gasteiger charge is 2.31. The van der Waals surface area contributed by atoms with Crippen LogP contribution in [0.15, 0.2) is 33.4 Å². The Balaban J connectivity index is 2.01. The smallest absolute Gasteiger partial charge is 0.275 e. The molecule has 6 heteroatoms. The van der Waals surface area contributed by atoms with Gasteiger partial charge in [-0.1, -0.05) is 12.1 Å². The van der Waals surface area contributed by atoms with Gasteiger partial charge in [0.25, 0.3) is 11.2 Å². The molecule has 1 aliphatic rings. The summed E-state index contributed by atoms with van der Waals surface area (Å²) in [4.78, 5) is 0. The first-order chi connectivity index (χ1) is 8.75. The molecule has 6 nitrogen and oxygen atoms in total. The van der Waals surface area contributed by atoms with Crippen molar-refractivity contribution in [1.29, 1.82) is 0 Å². The van der Waals surface area contributed by atoms with Gasteiger partial charge in [-0.05, 0) is 12.1 Å². The topological polar surface area (TPSA) is 88.0 Å². The highest BCUT2D eigenvalue weighted by molar-refractivity contribution is 5.98. The first kappa shape index (κ1) is 9.29. The van der Waals surface area contributed by atoms with E-state index in [1.54, 1.807) is 12.1 Å². The molecule has 3 aromatic rings. The number of hydrogen-bond donors (Lipinski definition) is 3. The Kier molecular flexibility index (Phi) is 1.51. The number of anilines is 2. The number of phenols is 2. The normalized spacial score (nSPS) is 12.7. The number of hydrogen-bond acceptors (Lipinski definition) is 6. The number of fused-ring (bicyclic) bond motifs is 4. The minimum atomic E-state index is -0.370. The minimum absolute atomic E-state index is 0.0763. The first-order valence-corrected chi connectivity index (χ1v) is 5.26. The Morgan fingerprint density at radius 2 is 1.72 bits per heavy atom. The van der Waals surface area contributed by atoms with Crippen LogP contribution in [-0.4, -0.2) is 10.2 Å². The highest BCUT2D eigenvalue weighted by atomic mass is 17.0. The van der Waals surface area contributed by atoms with Crippen LogP contribution in [0.25, 0.3) is 11.2 Å². The fourth-order valence-electron chi connectivity index (χ4n) is 1.98. The summed E-state index contributed by atoms with van der Waals surface area (Å²) in [6.07, 6.45) is 0. The Hall–Kier alpha value is -2.76. The van der Waals surface area contributed by atoms with Crippen LogP contribution >= 0.6 is 0 Å². The summed E-state index contributed by atoms with van der Waals surface area (Å²) in [5, 5.41) is 22.6. The molecule has 0 aliphatic carbocycles. The Labute approximate surface area is 99.9 Å². The second-order valence-corrected chi connectivity index (χ2v) is 3.95. The second kappa shape index (κ2) is 2.92. The molecule has 0 unspecified atom stereocenters. The van der Waals surface area contributed by atoms with Crippen molar-refractivity contribution in [3.63, 3.8) is 0 Å².